The number of rotatable bonds is 7. The van der Waals surface area contributed by atoms with Crippen molar-refractivity contribution in [2.24, 2.45) is 5.92 Å². The van der Waals surface area contributed by atoms with E-state index in [4.69, 9.17) is 0 Å². The van der Waals surface area contributed by atoms with E-state index in [-0.39, 0.29) is 22.1 Å². The summed E-state index contributed by atoms with van der Waals surface area (Å²) >= 11 is 0. The normalized spacial score (nSPS) is 18.2. The first-order valence-electron chi connectivity index (χ1n) is 8.35. The van der Waals surface area contributed by atoms with Gasteiger partial charge in [0.15, 0.2) is 0 Å². The van der Waals surface area contributed by atoms with Crippen molar-refractivity contribution in [2.45, 2.75) is 18.7 Å². The molecule has 1 unspecified atom stereocenters. The zero-order valence-corrected chi connectivity index (χ0v) is 15.8. The van der Waals surface area contributed by atoms with Gasteiger partial charge >= 0.3 is 0 Å². The van der Waals surface area contributed by atoms with Crippen LogP contribution >= 0.6 is 0 Å². The molecule has 1 aliphatic rings. The van der Waals surface area contributed by atoms with Crippen LogP contribution in [0.3, 0.4) is 0 Å². The molecule has 1 fully saturated rings. The maximum Gasteiger partial charge on any atom is 0.273 e. The molecule has 8 nitrogen and oxygen atoms in total. The summed E-state index contributed by atoms with van der Waals surface area (Å²) in [5.74, 6) is 0.150. The van der Waals surface area contributed by atoms with Crippen LogP contribution in [0.1, 0.15) is 12.5 Å². The van der Waals surface area contributed by atoms with Gasteiger partial charge < -0.3 is 9.80 Å². The van der Waals surface area contributed by atoms with Gasteiger partial charge in [-0.3, -0.25) is 10.1 Å². The third-order valence-corrected chi connectivity index (χ3v) is 6.10. The fraction of sp³-hybridized carbons (Fsp3) is 0.625. The monoisotopic (exact) mass is 370 g/mol. The van der Waals surface area contributed by atoms with Crippen LogP contribution in [0.5, 0.6) is 0 Å². The lowest BCUT2D eigenvalue weighted by atomic mass is 10.1. The van der Waals surface area contributed by atoms with Gasteiger partial charge in [-0.05, 0) is 26.0 Å². The number of nitro benzene ring substituents is 1. The van der Waals surface area contributed by atoms with Gasteiger partial charge in [0.05, 0.1) is 9.82 Å². The van der Waals surface area contributed by atoms with Crippen LogP contribution < -0.4 is 4.72 Å². The van der Waals surface area contributed by atoms with Crippen LogP contribution in [-0.2, 0) is 10.0 Å². The Labute approximate surface area is 149 Å². The Balaban J connectivity index is 1.97. The molecule has 0 saturated carbocycles. The number of benzene rings is 1. The van der Waals surface area contributed by atoms with Crippen molar-refractivity contribution in [1.29, 1.82) is 0 Å². The number of likely N-dealkylation sites (N-methyl/N-ethyl adjacent to an activating group) is 1. The number of nitrogens with zero attached hydrogens (tertiary/aromatic N) is 3. The Morgan fingerprint density at radius 1 is 1.28 bits per heavy atom. The van der Waals surface area contributed by atoms with E-state index in [2.05, 4.69) is 21.6 Å². The number of hydrogen-bond donors (Lipinski definition) is 1. The third-order valence-electron chi connectivity index (χ3n) is 4.53. The van der Waals surface area contributed by atoms with E-state index in [0.29, 0.717) is 6.54 Å². The first-order chi connectivity index (χ1) is 11.7. The summed E-state index contributed by atoms with van der Waals surface area (Å²) in [6, 6.07) is 4.10. The van der Waals surface area contributed by atoms with E-state index in [1.165, 1.54) is 25.1 Å². The first kappa shape index (κ1) is 19.8. The van der Waals surface area contributed by atoms with Crippen molar-refractivity contribution in [3.8, 4) is 0 Å². The summed E-state index contributed by atoms with van der Waals surface area (Å²) in [5.41, 5.74) is -0.0277. The summed E-state index contributed by atoms with van der Waals surface area (Å²) in [6.07, 6.45) is 0. The SMILES string of the molecule is Cc1c([N+](=O)[O-])cccc1S(=O)(=O)NCC(C)CN1CCN(C)CC1. The maximum absolute atomic E-state index is 12.5. The molecule has 0 radical (unpaired) electrons. The van der Waals surface area contributed by atoms with Crippen molar-refractivity contribution in [3.05, 3.63) is 33.9 Å². The van der Waals surface area contributed by atoms with Gasteiger partial charge in [-0.25, -0.2) is 13.1 Å². The van der Waals surface area contributed by atoms with Crippen LogP contribution in [-0.4, -0.2) is 69.5 Å². The standard InChI is InChI=1S/C16H26N4O4S/c1-13(12-19-9-7-18(3)8-10-19)11-17-25(23,24)16-6-4-5-15(14(16)2)20(21)22/h4-6,13,17H,7-12H2,1-3H3. The Hall–Kier alpha value is -1.55. The zero-order valence-electron chi connectivity index (χ0n) is 14.9. The topological polar surface area (TPSA) is 95.8 Å². The highest BCUT2D eigenvalue weighted by Crippen LogP contribution is 2.24. The van der Waals surface area contributed by atoms with Crippen molar-refractivity contribution in [1.82, 2.24) is 14.5 Å². The second-order valence-corrected chi connectivity index (χ2v) is 8.45. The van der Waals surface area contributed by atoms with Gasteiger partial charge in [-0.15, -0.1) is 0 Å². The highest BCUT2D eigenvalue weighted by atomic mass is 32.2. The van der Waals surface area contributed by atoms with Crippen molar-refractivity contribution in [2.75, 3.05) is 46.3 Å². The fourth-order valence-electron chi connectivity index (χ4n) is 2.96. The van der Waals surface area contributed by atoms with Crippen LogP contribution in [0, 0.1) is 23.0 Å². The molecule has 25 heavy (non-hydrogen) atoms. The lowest BCUT2D eigenvalue weighted by Crippen LogP contribution is -2.46. The average molecular weight is 370 g/mol. The van der Waals surface area contributed by atoms with E-state index in [9.17, 15) is 18.5 Å². The molecule has 9 heteroatoms. The minimum atomic E-state index is -3.77. The predicted molar refractivity (Wildman–Crippen MR) is 96.1 cm³/mol. The molecule has 1 aromatic rings. The Morgan fingerprint density at radius 3 is 2.52 bits per heavy atom. The zero-order chi connectivity index (χ0) is 18.6. The summed E-state index contributed by atoms with van der Waals surface area (Å²) in [6.45, 7) is 8.59. The number of nitro groups is 1. The minimum absolute atomic E-state index is 0.0338. The highest BCUT2D eigenvalue weighted by molar-refractivity contribution is 7.89. The summed E-state index contributed by atoms with van der Waals surface area (Å²) < 4.78 is 27.6. The van der Waals surface area contributed by atoms with Gasteiger partial charge in [0.25, 0.3) is 5.69 Å². The lowest BCUT2D eigenvalue weighted by molar-refractivity contribution is -0.385. The van der Waals surface area contributed by atoms with Crippen molar-refractivity contribution in [3.63, 3.8) is 0 Å². The Morgan fingerprint density at radius 2 is 1.92 bits per heavy atom. The van der Waals surface area contributed by atoms with Crippen molar-refractivity contribution >= 4 is 15.7 Å². The molecule has 0 amide bonds. The molecule has 0 spiro atoms. The quantitative estimate of drug-likeness (QED) is 0.570. The maximum atomic E-state index is 12.5. The van der Waals surface area contributed by atoms with E-state index in [0.717, 1.165) is 32.7 Å². The second-order valence-electron chi connectivity index (χ2n) is 6.72. The van der Waals surface area contributed by atoms with Gasteiger partial charge in [-0.1, -0.05) is 13.0 Å². The van der Waals surface area contributed by atoms with Crippen molar-refractivity contribution < 1.29 is 13.3 Å². The Bertz CT molecular complexity index is 715. The fourth-order valence-corrected chi connectivity index (χ4v) is 4.38. The third kappa shape index (κ3) is 5.21. The molecule has 0 bridgehead atoms. The van der Waals surface area contributed by atoms with E-state index in [1.807, 2.05) is 6.92 Å². The number of piperazine rings is 1. The van der Waals surface area contributed by atoms with E-state index < -0.39 is 14.9 Å². The minimum Gasteiger partial charge on any atom is -0.304 e. The van der Waals surface area contributed by atoms with Gasteiger partial charge in [0.2, 0.25) is 10.0 Å². The Kier molecular flexibility index (Phi) is 6.50. The highest BCUT2D eigenvalue weighted by Gasteiger charge is 2.24. The van der Waals surface area contributed by atoms with Gasteiger partial charge in [0, 0.05) is 50.9 Å². The summed E-state index contributed by atoms with van der Waals surface area (Å²) in [7, 11) is -1.68. The van der Waals surface area contributed by atoms with Gasteiger partial charge in [-0.2, -0.15) is 0 Å². The molecule has 1 heterocycles. The van der Waals surface area contributed by atoms with Crippen LogP contribution in [0.4, 0.5) is 5.69 Å². The predicted octanol–water partition coefficient (Wildman–Crippen LogP) is 1.07. The molecule has 2 rings (SSSR count). The molecule has 0 aromatic heterocycles. The summed E-state index contributed by atoms with van der Waals surface area (Å²) in [5, 5.41) is 11.0. The molecule has 1 atom stereocenters. The smallest absolute Gasteiger partial charge is 0.273 e. The molecule has 1 N–H and O–H groups in total. The molecular weight excluding hydrogens is 344 g/mol. The molecule has 1 aliphatic heterocycles. The van der Waals surface area contributed by atoms with Crippen LogP contribution in [0.15, 0.2) is 23.1 Å². The average Bonchev–Trinajstić information content (AvgIpc) is 2.55. The molecule has 0 aliphatic carbocycles. The lowest BCUT2D eigenvalue weighted by Gasteiger charge is -2.33. The van der Waals surface area contributed by atoms with E-state index >= 15 is 0 Å². The number of nitrogens with one attached hydrogen (secondary N) is 1. The largest absolute Gasteiger partial charge is 0.304 e. The molecule has 1 aromatic carbocycles. The number of sulfonamides is 1. The van der Waals surface area contributed by atoms with Gasteiger partial charge in [0.1, 0.15) is 0 Å². The molecule has 140 valence electrons. The number of hydrogen-bond acceptors (Lipinski definition) is 6. The first-order valence-corrected chi connectivity index (χ1v) is 9.83. The molecular formula is C16H26N4O4S. The van der Waals surface area contributed by atoms with E-state index in [1.54, 1.807) is 0 Å². The summed E-state index contributed by atoms with van der Waals surface area (Å²) in [4.78, 5) is 15.0. The molecule has 1 saturated heterocycles. The van der Waals surface area contributed by atoms with Crippen LogP contribution in [0.2, 0.25) is 0 Å². The van der Waals surface area contributed by atoms with Crippen LogP contribution in [0.25, 0.3) is 0 Å². The second kappa shape index (κ2) is 8.22.